The van der Waals surface area contributed by atoms with Gasteiger partial charge in [0.25, 0.3) is 0 Å². The number of rotatable bonds is 11. The Morgan fingerprint density at radius 3 is 2.39 bits per heavy atom. The predicted octanol–water partition coefficient (Wildman–Crippen LogP) is 9.38. The normalized spacial score (nSPS) is 15.6. The van der Waals surface area contributed by atoms with E-state index in [0.29, 0.717) is 17.4 Å². The minimum atomic E-state index is 0.317. The number of aryl methyl sites for hydroxylation is 2. The van der Waals surface area contributed by atoms with Crippen molar-refractivity contribution in [3.05, 3.63) is 95.9 Å². The summed E-state index contributed by atoms with van der Waals surface area (Å²) in [5.74, 6) is 9.00. The number of hydrogen-bond donors (Lipinski definition) is 0. The number of unbranched alkanes of at least 4 members (excludes halogenated alkanes) is 1. The van der Waals surface area contributed by atoms with Crippen LogP contribution in [0.25, 0.3) is 17.0 Å². The first kappa shape index (κ1) is 33.2. The first-order valence-electron chi connectivity index (χ1n) is 14.8. The molecule has 0 saturated heterocycles. The molecule has 2 aromatic carbocycles. The van der Waals surface area contributed by atoms with E-state index in [1.54, 1.807) is 26.5 Å². The Labute approximate surface area is 248 Å². The highest BCUT2D eigenvalue weighted by Crippen LogP contribution is 2.32. The minimum Gasteiger partial charge on any atom is -0.494 e. The third-order valence-electron chi connectivity index (χ3n) is 6.53. The van der Waals surface area contributed by atoms with Crippen LogP contribution < -0.4 is 9.47 Å². The molecule has 0 amide bonds. The maximum Gasteiger partial charge on any atom is 0.162 e. The van der Waals surface area contributed by atoms with Crippen LogP contribution in [0.1, 0.15) is 70.1 Å². The van der Waals surface area contributed by atoms with Gasteiger partial charge in [0.05, 0.1) is 26.3 Å². The van der Waals surface area contributed by atoms with Gasteiger partial charge in [0.1, 0.15) is 5.76 Å². The summed E-state index contributed by atoms with van der Waals surface area (Å²) in [6.45, 7) is 12.9. The van der Waals surface area contributed by atoms with Crippen molar-refractivity contribution in [1.29, 1.82) is 0 Å². The van der Waals surface area contributed by atoms with Crippen LogP contribution in [0, 0.1) is 17.8 Å². The third-order valence-corrected chi connectivity index (χ3v) is 6.53. The molecule has 4 nitrogen and oxygen atoms in total. The highest BCUT2D eigenvalue weighted by Gasteiger charge is 2.08. The Kier molecular flexibility index (Phi) is 15.5. The SMILES string of the molecule is C=Cc1ccnc2cc(OC)c(OC)cc12.CC.CCCc1ccccc1CCCCOC1=C/CC#CC(C)/C=C\1. The number of benzene rings is 2. The number of pyridine rings is 1. The molecule has 41 heavy (non-hydrogen) atoms. The number of ether oxygens (including phenoxy) is 3. The van der Waals surface area contributed by atoms with Crippen LogP contribution in [0.4, 0.5) is 0 Å². The zero-order chi connectivity index (χ0) is 29.9. The van der Waals surface area contributed by atoms with Gasteiger partial charge in [-0.25, -0.2) is 0 Å². The summed E-state index contributed by atoms with van der Waals surface area (Å²) >= 11 is 0. The second-order valence-electron chi connectivity index (χ2n) is 9.43. The summed E-state index contributed by atoms with van der Waals surface area (Å²) in [7, 11) is 3.23. The van der Waals surface area contributed by atoms with Crippen LogP contribution in [0.2, 0.25) is 0 Å². The highest BCUT2D eigenvalue weighted by atomic mass is 16.5. The van der Waals surface area contributed by atoms with Crippen molar-refractivity contribution in [1.82, 2.24) is 4.98 Å². The van der Waals surface area contributed by atoms with Gasteiger partial charge >= 0.3 is 0 Å². The lowest BCUT2D eigenvalue weighted by molar-refractivity contribution is 0.217. The maximum atomic E-state index is 5.89. The molecule has 0 aliphatic heterocycles. The molecule has 0 N–H and O–H groups in total. The summed E-state index contributed by atoms with van der Waals surface area (Å²) in [5, 5.41) is 1.01. The van der Waals surface area contributed by atoms with Crippen LogP contribution in [0.3, 0.4) is 0 Å². The van der Waals surface area contributed by atoms with Gasteiger partial charge in [-0.15, -0.1) is 0 Å². The summed E-state index contributed by atoms with van der Waals surface area (Å²) in [5.41, 5.74) is 4.92. The third kappa shape index (κ3) is 10.8. The second-order valence-corrected chi connectivity index (χ2v) is 9.43. The van der Waals surface area contributed by atoms with Crippen molar-refractivity contribution in [2.75, 3.05) is 20.8 Å². The smallest absolute Gasteiger partial charge is 0.162 e. The molecule has 4 heteroatoms. The maximum absolute atomic E-state index is 5.89. The van der Waals surface area contributed by atoms with E-state index in [-0.39, 0.29) is 0 Å². The molecular formula is C37H47NO3. The van der Waals surface area contributed by atoms with E-state index in [1.165, 1.54) is 30.4 Å². The Bertz CT molecular complexity index is 1340. The van der Waals surface area contributed by atoms with Crippen molar-refractivity contribution in [3.63, 3.8) is 0 Å². The molecule has 0 radical (unpaired) electrons. The van der Waals surface area contributed by atoms with Crippen LogP contribution in [-0.2, 0) is 17.6 Å². The van der Waals surface area contributed by atoms with E-state index in [0.717, 1.165) is 48.1 Å². The first-order chi connectivity index (χ1) is 20.1. The van der Waals surface area contributed by atoms with E-state index in [9.17, 15) is 0 Å². The molecule has 3 aromatic rings. The Hall–Kier alpha value is -3.97. The van der Waals surface area contributed by atoms with Crippen molar-refractivity contribution in [2.24, 2.45) is 5.92 Å². The second kappa shape index (κ2) is 19.2. The van der Waals surface area contributed by atoms with Gasteiger partial charge in [-0.1, -0.05) is 82.0 Å². The lowest BCUT2D eigenvalue weighted by atomic mass is 9.99. The van der Waals surface area contributed by atoms with E-state index in [1.807, 2.05) is 32.0 Å². The summed E-state index contributed by atoms with van der Waals surface area (Å²) in [6, 6.07) is 14.5. The topological polar surface area (TPSA) is 40.6 Å². The summed E-state index contributed by atoms with van der Waals surface area (Å²) < 4.78 is 16.4. The molecular weight excluding hydrogens is 506 g/mol. The molecule has 0 bridgehead atoms. The summed E-state index contributed by atoms with van der Waals surface area (Å²) in [6.07, 6.45) is 16.4. The fourth-order valence-corrected chi connectivity index (χ4v) is 4.43. The molecule has 0 spiro atoms. The van der Waals surface area contributed by atoms with Crippen molar-refractivity contribution < 1.29 is 14.2 Å². The van der Waals surface area contributed by atoms with E-state index in [4.69, 9.17) is 14.2 Å². The van der Waals surface area contributed by atoms with Crippen LogP contribution in [0.5, 0.6) is 11.5 Å². The van der Waals surface area contributed by atoms with Crippen LogP contribution in [0.15, 0.2) is 79.2 Å². The molecule has 218 valence electrons. The van der Waals surface area contributed by atoms with Gasteiger partial charge in [-0.3, -0.25) is 4.98 Å². The van der Waals surface area contributed by atoms with E-state index < -0.39 is 0 Å². The largest absolute Gasteiger partial charge is 0.494 e. The molecule has 1 aliphatic carbocycles. The monoisotopic (exact) mass is 553 g/mol. The average molecular weight is 554 g/mol. The number of aromatic nitrogens is 1. The molecule has 1 atom stereocenters. The molecule has 1 heterocycles. The lowest BCUT2D eigenvalue weighted by Gasteiger charge is -2.10. The standard InChI is InChI=1S/C22H28O.C13H13NO2.C2H6/c1-3-10-20-12-5-6-13-21(20)14-8-9-18-23-22-15-7-4-11-19(2)16-17-22;1-4-9-5-6-14-11-8-13(16-3)12(15-2)7-10(9)11;1-2/h5-6,12-13,15-17,19H,3,7-10,14,18H2,1-2H3;4-8H,1H2,2-3H3;1-2H3/b17-16-,22-15+;;. The van der Waals surface area contributed by atoms with Gasteiger partial charge in [0.2, 0.25) is 0 Å². The molecule has 4 rings (SSSR count). The minimum absolute atomic E-state index is 0.317. The van der Waals surface area contributed by atoms with E-state index >= 15 is 0 Å². The molecule has 1 aliphatic rings. The van der Waals surface area contributed by atoms with Gasteiger partial charge in [0.15, 0.2) is 11.5 Å². The molecule has 0 saturated carbocycles. The van der Waals surface area contributed by atoms with Gasteiger partial charge in [-0.2, -0.15) is 0 Å². The predicted molar refractivity (Wildman–Crippen MR) is 174 cm³/mol. The molecule has 0 fully saturated rings. The zero-order valence-electron chi connectivity index (χ0n) is 25.8. The summed E-state index contributed by atoms with van der Waals surface area (Å²) in [4.78, 5) is 4.29. The van der Waals surface area contributed by atoms with Crippen molar-refractivity contribution in [3.8, 4) is 23.3 Å². The van der Waals surface area contributed by atoms with Gasteiger partial charge in [-0.05, 0) is 73.6 Å². The van der Waals surface area contributed by atoms with Gasteiger partial charge < -0.3 is 14.2 Å². The zero-order valence-corrected chi connectivity index (χ0v) is 25.8. The number of hydrogen-bond acceptors (Lipinski definition) is 4. The molecule has 1 unspecified atom stereocenters. The quantitative estimate of drug-likeness (QED) is 0.175. The Balaban J connectivity index is 0.000000285. The average Bonchev–Trinajstić information content (AvgIpc) is 3.01. The Morgan fingerprint density at radius 2 is 1.71 bits per heavy atom. The van der Waals surface area contributed by atoms with Crippen LogP contribution in [-0.4, -0.2) is 25.8 Å². The number of nitrogens with zero attached hydrogens (tertiary/aromatic N) is 1. The number of methoxy groups -OCH3 is 2. The highest BCUT2D eigenvalue weighted by molar-refractivity contribution is 5.90. The number of allylic oxidation sites excluding steroid dienone is 3. The number of fused-ring (bicyclic) bond motifs is 1. The first-order valence-corrected chi connectivity index (χ1v) is 14.8. The molecule has 1 aromatic heterocycles. The fourth-order valence-electron chi connectivity index (χ4n) is 4.43. The lowest BCUT2D eigenvalue weighted by Crippen LogP contribution is -1.98. The fraction of sp³-hybridized carbons (Fsp3) is 0.378. The van der Waals surface area contributed by atoms with Crippen LogP contribution >= 0.6 is 0 Å². The Morgan fingerprint density at radius 1 is 1.00 bits per heavy atom. The van der Waals surface area contributed by atoms with E-state index in [2.05, 4.69) is 79.7 Å². The van der Waals surface area contributed by atoms with Crippen molar-refractivity contribution >= 4 is 17.0 Å². The van der Waals surface area contributed by atoms with Gasteiger partial charge in [0, 0.05) is 30.0 Å². The van der Waals surface area contributed by atoms with Crippen molar-refractivity contribution in [2.45, 2.75) is 66.2 Å².